The number of nitrogens with one attached hydrogen (secondary N) is 1. The molecule has 3 nitrogen and oxygen atoms in total. The summed E-state index contributed by atoms with van der Waals surface area (Å²) in [7, 11) is 0. The van der Waals surface area contributed by atoms with Crippen LogP contribution in [0, 0.1) is 0 Å². The van der Waals surface area contributed by atoms with Crippen LogP contribution in [0.2, 0.25) is 0 Å². The van der Waals surface area contributed by atoms with Gasteiger partial charge in [-0.15, -0.1) is 0 Å². The van der Waals surface area contributed by atoms with E-state index >= 15 is 0 Å². The molecular weight excluding hydrogens is 248 g/mol. The van der Waals surface area contributed by atoms with Crippen LogP contribution in [0.5, 0.6) is 0 Å². The summed E-state index contributed by atoms with van der Waals surface area (Å²) in [5.74, 6) is 0. The van der Waals surface area contributed by atoms with E-state index in [0.717, 1.165) is 13.2 Å². The van der Waals surface area contributed by atoms with Crippen molar-refractivity contribution in [1.29, 1.82) is 0 Å². The number of rotatable bonds is 5. The summed E-state index contributed by atoms with van der Waals surface area (Å²) in [6, 6.07) is 0. The standard InChI is InChI=1S/C17H32N2O/c1-3-9-17(10-4-1,19-11-5-2-6-12-19)15-18-14-16-8-7-13-20-16/h16,18H,1-15H2. The first-order valence-electron chi connectivity index (χ1n) is 8.96. The second kappa shape index (κ2) is 7.24. The predicted octanol–water partition coefficient (Wildman–Crippen LogP) is 2.94. The Balaban J connectivity index is 1.53. The molecule has 0 bridgehead atoms. The molecular formula is C17H32N2O. The lowest BCUT2D eigenvalue weighted by molar-refractivity contribution is 0.0295. The maximum Gasteiger partial charge on any atom is 0.0700 e. The molecule has 2 aliphatic heterocycles. The van der Waals surface area contributed by atoms with Crippen LogP contribution in [0.15, 0.2) is 0 Å². The molecule has 0 radical (unpaired) electrons. The Morgan fingerprint density at radius 2 is 1.70 bits per heavy atom. The number of piperidine rings is 1. The minimum absolute atomic E-state index is 0.470. The zero-order valence-electron chi connectivity index (χ0n) is 13.0. The molecule has 1 unspecified atom stereocenters. The van der Waals surface area contributed by atoms with Crippen molar-refractivity contribution in [3.8, 4) is 0 Å². The van der Waals surface area contributed by atoms with Crippen molar-refractivity contribution in [3.63, 3.8) is 0 Å². The summed E-state index contributed by atoms with van der Waals surface area (Å²) in [6.07, 6.45) is 14.4. The van der Waals surface area contributed by atoms with Crippen molar-refractivity contribution in [1.82, 2.24) is 10.2 Å². The molecule has 3 fully saturated rings. The highest BCUT2D eigenvalue weighted by atomic mass is 16.5. The van der Waals surface area contributed by atoms with Gasteiger partial charge in [0.05, 0.1) is 6.10 Å². The van der Waals surface area contributed by atoms with Gasteiger partial charge in [0, 0.05) is 25.2 Å². The highest BCUT2D eigenvalue weighted by Gasteiger charge is 2.38. The second-order valence-electron chi connectivity index (χ2n) is 7.10. The minimum Gasteiger partial charge on any atom is -0.377 e. The van der Waals surface area contributed by atoms with Crippen LogP contribution < -0.4 is 5.32 Å². The number of nitrogens with zero attached hydrogens (tertiary/aromatic N) is 1. The van der Waals surface area contributed by atoms with E-state index < -0.39 is 0 Å². The maximum atomic E-state index is 5.74. The number of likely N-dealkylation sites (tertiary alicyclic amines) is 1. The number of ether oxygens (including phenoxy) is 1. The average Bonchev–Trinajstić information content (AvgIpc) is 3.02. The van der Waals surface area contributed by atoms with Gasteiger partial charge in [-0.2, -0.15) is 0 Å². The molecule has 1 aliphatic carbocycles. The summed E-state index contributed by atoms with van der Waals surface area (Å²) < 4.78 is 5.74. The molecule has 0 amide bonds. The van der Waals surface area contributed by atoms with Crippen LogP contribution in [0.25, 0.3) is 0 Å². The van der Waals surface area contributed by atoms with Gasteiger partial charge in [-0.3, -0.25) is 4.90 Å². The van der Waals surface area contributed by atoms with Gasteiger partial charge in [-0.1, -0.05) is 25.7 Å². The molecule has 3 heteroatoms. The van der Waals surface area contributed by atoms with E-state index in [1.807, 2.05) is 0 Å². The van der Waals surface area contributed by atoms with Crippen LogP contribution >= 0.6 is 0 Å². The third-order valence-corrected chi connectivity index (χ3v) is 5.66. The molecule has 116 valence electrons. The molecule has 2 saturated heterocycles. The Hall–Kier alpha value is -0.120. The van der Waals surface area contributed by atoms with Crippen molar-refractivity contribution in [2.24, 2.45) is 0 Å². The van der Waals surface area contributed by atoms with Gasteiger partial charge >= 0.3 is 0 Å². The van der Waals surface area contributed by atoms with Gasteiger partial charge < -0.3 is 10.1 Å². The molecule has 0 aromatic heterocycles. The highest BCUT2D eigenvalue weighted by molar-refractivity contribution is 4.96. The van der Waals surface area contributed by atoms with Crippen molar-refractivity contribution in [3.05, 3.63) is 0 Å². The van der Waals surface area contributed by atoms with E-state index in [1.165, 1.54) is 83.8 Å². The van der Waals surface area contributed by atoms with Crippen LogP contribution in [0.3, 0.4) is 0 Å². The Bertz CT molecular complexity index is 277. The van der Waals surface area contributed by atoms with Crippen LogP contribution in [0.1, 0.15) is 64.2 Å². The van der Waals surface area contributed by atoms with E-state index in [4.69, 9.17) is 4.74 Å². The molecule has 0 aromatic rings. The summed E-state index contributed by atoms with van der Waals surface area (Å²) in [5, 5.41) is 3.77. The first-order chi connectivity index (χ1) is 9.89. The lowest BCUT2D eigenvalue weighted by atomic mass is 9.79. The smallest absolute Gasteiger partial charge is 0.0700 e. The zero-order chi connectivity index (χ0) is 13.7. The fraction of sp³-hybridized carbons (Fsp3) is 1.00. The first kappa shape index (κ1) is 14.8. The summed E-state index contributed by atoms with van der Waals surface area (Å²) in [5.41, 5.74) is 0.470. The average molecular weight is 280 g/mol. The summed E-state index contributed by atoms with van der Waals surface area (Å²) in [6.45, 7) is 5.90. The Labute approximate surface area is 124 Å². The maximum absolute atomic E-state index is 5.74. The molecule has 1 N–H and O–H groups in total. The monoisotopic (exact) mass is 280 g/mol. The lowest BCUT2D eigenvalue weighted by Gasteiger charge is -2.48. The predicted molar refractivity (Wildman–Crippen MR) is 83.1 cm³/mol. The number of hydrogen-bond donors (Lipinski definition) is 1. The summed E-state index contributed by atoms with van der Waals surface area (Å²) >= 11 is 0. The molecule has 3 aliphatic rings. The Morgan fingerprint density at radius 1 is 0.950 bits per heavy atom. The lowest BCUT2D eigenvalue weighted by Crippen LogP contribution is -2.58. The van der Waals surface area contributed by atoms with Gasteiger partial charge in [0.15, 0.2) is 0 Å². The van der Waals surface area contributed by atoms with Gasteiger partial charge in [-0.05, 0) is 51.6 Å². The van der Waals surface area contributed by atoms with E-state index in [-0.39, 0.29) is 0 Å². The molecule has 3 rings (SSSR count). The van der Waals surface area contributed by atoms with Gasteiger partial charge in [0.25, 0.3) is 0 Å². The normalized spacial score (nSPS) is 31.5. The van der Waals surface area contributed by atoms with Crippen molar-refractivity contribution in [2.45, 2.75) is 75.9 Å². The van der Waals surface area contributed by atoms with E-state index in [0.29, 0.717) is 11.6 Å². The zero-order valence-corrected chi connectivity index (χ0v) is 13.0. The van der Waals surface area contributed by atoms with E-state index in [2.05, 4.69) is 10.2 Å². The van der Waals surface area contributed by atoms with Crippen LogP contribution in [-0.2, 0) is 4.74 Å². The fourth-order valence-electron chi connectivity index (χ4n) is 4.45. The molecule has 20 heavy (non-hydrogen) atoms. The topological polar surface area (TPSA) is 24.5 Å². The first-order valence-corrected chi connectivity index (χ1v) is 8.96. The Morgan fingerprint density at radius 3 is 2.40 bits per heavy atom. The molecule has 0 aromatic carbocycles. The third-order valence-electron chi connectivity index (χ3n) is 5.66. The molecule has 2 heterocycles. The van der Waals surface area contributed by atoms with Gasteiger partial charge in [0.1, 0.15) is 0 Å². The largest absolute Gasteiger partial charge is 0.377 e. The quantitative estimate of drug-likeness (QED) is 0.838. The van der Waals surface area contributed by atoms with Crippen molar-refractivity contribution >= 4 is 0 Å². The van der Waals surface area contributed by atoms with E-state index in [9.17, 15) is 0 Å². The Kier molecular flexibility index (Phi) is 5.36. The van der Waals surface area contributed by atoms with Crippen LogP contribution in [0.4, 0.5) is 0 Å². The molecule has 0 spiro atoms. The fourth-order valence-corrected chi connectivity index (χ4v) is 4.45. The minimum atomic E-state index is 0.470. The number of hydrogen-bond acceptors (Lipinski definition) is 3. The molecule has 1 atom stereocenters. The van der Waals surface area contributed by atoms with Gasteiger partial charge in [0.2, 0.25) is 0 Å². The summed E-state index contributed by atoms with van der Waals surface area (Å²) in [4.78, 5) is 2.83. The third kappa shape index (κ3) is 3.55. The van der Waals surface area contributed by atoms with Crippen LogP contribution in [-0.4, -0.2) is 49.3 Å². The van der Waals surface area contributed by atoms with Crippen molar-refractivity contribution in [2.75, 3.05) is 32.8 Å². The highest BCUT2D eigenvalue weighted by Crippen LogP contribution is 2.35. The molecule has 1 saturated carbocycles. The second-order valence-corrected chi connectivity index (χ2v) is 7.10. The van der Waals surface area contributed by atoms with E-state index in [1.54, 1.807) is 0 Å². The van der Waals surface area contributed by atoms with Gasteiger partial charge in [-0.25, -0.2) is 0 Å². The van der Waals surface area contributed by atoms with Crippen molar-refractivity contribution < 1.29 is 4.74 Å². The SMILES string of the molecule is C1CCN(C2(CNCC3CCCO3)CCCCC2)CC1.